The van der Waals surface area contributed by atoms with E-state index in [0.717, 1.165) is 29.3 Å². The van der Waals surface area contributed by atoms with Gasteiger partial charge in [0.05, 0.1) is 0 Å². The second kappa shape index (κ2) is 12.6. The molecule has 0 aromatic heterocycles. The quantitative estimate of drug-likeness (QED) is 0.231. The maximum Gasteiger partial charge on any atom is 0.411 e. The van der Waals surface area contributed by atoms with Crippen LogP contribution in [0, 0.1) is 55.4 Å². The van der Waals surface area contributed by atoms with Crippen LogP contribution in [-0.2, 0) is 5.41 Å². The summed E-state index contributed by atoms with van der Waals surface area (Å²) in [6.45, 7) is 14.2. The van der Waals surface area contributed by atoms with Gasteiger partial charge in [-0.05, 0) is 122 Å². The fraction of sp³-hybridized carbons (Fsp3) is 0.333. The Kier molecular flexibility index (Phi) is 9.91. The lowest BCUT2D eigenvalue weighted by molar-refractivity contribution is -0.288. The zero-order valence-electron chi connectivity index (χ0n) is 25.7. The molecular formula is C36H38F6O. The van der Waals surface area contributed by atoms with Crippen molar-refractivity contribution >= 4 is 0 Å². The van der Waals surface area contributed by atoms with E-state index in [4.69, 9.17) is 0 Å². The lowest BCUT2D eigenvalue weighted by atomic mass is 9.70. The van der Waals surface area contributed by atoms with Crippen LogP contribution in [0.25, 0.3) is 0 Å². The average molecular weight is 601 g/mol. The standard InChI is InChI=1S/C19H18F6.C17H20O/c1-11-8-9-15(10-13(11)3)17(18(20,21)22,19(23,24)25)16-7-5-6-12(2)14(16)4;1-11-8-9-15(10-13(11)3)17(18)16-7-5-6-12(2)14(16)4/h5-10H,1-4H3;5-10,17-18H,1-4H3. The van der Waals surface area contributed by atoms with E-state index in [9.17, 15) is 31.4 Å². The minimum atomic E-state index is -5.55. The minimum Gasteiger partial charge on any atom is -0.384 e. The fourth-order valence-electron chi connectivity index (χ4n) is 5.27. The number of hydrogen-bond acceptors (Lipinski definition) is 1. The Morgan fingerprint density at radius 3 is 1.51 bits per heavy atom. The van der Waals surface area contributed by atoms with Gasteiger partial charge in [0, 0.05) is 0 Å². The first-order valence-corrected chi connectivity index (χ1v) is 13.9. The zero-order chi connectivity index (χ0) is 32.5. The summed E-state index contributed by atoms with van der Waals surface area (Å²) in [6, 6.07) is 19.1. The van der Waals surface area contributed by atoms with Crippen molar-refractivity contribution in [2.24, 2.45) is 0 Å². The van der Waals surface area contributed by atoms with Gasteiger partial charge in [-0.1, -0.05) is 72.8 Å². The first-order valence-electron chi connectivity index (χ1n) is 13.9. The molecule has 1 atom stereocenters. The Labute approximate surface area is 250 Å². The van der Waals surface area contributed by atoms with Crippen molar-refractivity contribution in [2.45, 2.75) is 79.3 Å². The number of aliphatic hydroxyl groups is 1. The van der Waals surface area contributed by atoms with E-state index in [-0.39, 0.29) is 5.56 Å². The highest BCUT2D eigenvalue weighted by Gasteiger charge is 2.72. The third-order valence-corrected chi connectivity index (χ3v) is 8.59. The van der Waals surface area contributed by atoms with Crippen molar-refractivity contribution in [3.8, 4) is 0 Å². The van der Waals surface area contributed by atoms with Crippen LogP contribution in [0.3, 0.4) is 0 Å². The topological polar surface area (TPSA) is 20.2 Å². The summed E-state index contributed by atoms with van der Waals surface area (Å²) >= 11 is 0. The van der Waals surface area contributed by atoms with E-state index >= 15 is 0 Å². The van der Waals surface area contributed by atoms with Crippen molar-refractivity contribution in [2.75, 3.05) is 0 Å². The molecule has 43 heavy (non-hydrogen) atoms. The van der Waals surface area contributed by atoms with Gasteiger partial charge in [-0.3, -0.25) is 0 Å². The smallest absolute Gasteiger partial charge is 0.384 e. The molecule has 0 aliphatic carbocycles. The maximum absolute atomic E-state index is 14.1. The van der Waals surface area contributed by atoms with Crippen LogP contribution in [0.2, 0.25) is 0 Å². The summed E-state index contributed by atoms with van der Waals surface area (Å²) < 4.78 is 84.4. The number of aliphatic hydroxyl groups excluding tert-OH is 1. The van der Waals surface area contributed by atoms with Gasteiger partial charge in [-0.25, -0.2) is 0 Å². The molecule has 1 nitrogen and oxygen atoms in total. The summed E-state index contributed by atoms with van der Waals surface area (Å²) in [6.07, 6.45) is -11.6. The Morgan fingerprint density at radius 2 is 1.00 bits per heavy atom. The van der Waals surface area contributed by atoms with E-state index in [1.54, 1.807) is 6.92 Å². The third kappa shape index (κ3) is 6.52. The summed E-state index contributed by atoms with van der Waals surface area (Å²) in [5.74, 6) is 0. The lowest BCUT2D eigenvalue weighted by Crippen LogP contribution is -2.55. The van der Waals surface area contributed by atoms with Crippen LogP contribution in [0.15, 0.2) is 72.8 Å². The second-order valence-electron chi connectivity index (χ2n) is 11.3. The molecule has 0 bridgehead atoms. The molecule has 0 fully saturated rings. The minimum absolute atomic E-state index is 0.0182. The monoisotopic (exact) mass is 600 g/mol. The molecule has 1 unspecified atom stereocenters. The number of rotatable bonds is 4. The predicted molar refractivity (Wildman–Crippen MR) is 161 cm³/mol. The third-order valence-electron chi connectivity index (χ3n) is 8.59. The molecule has 1 N–H and O–H groups in total. The van der Waals surface area contributed by atoms with Gasteiger partial charge >= 0.3 is 12.4 Å². The molecule has 0 radical (unpaired) electrons. The Morgan fingerprint density at radius 1 is 0.512 bits per heavy atom. The summed E-state index contributed by atoms with van der Waals surface area (Å²) in [5.41, 5.74) is 2.51. The van der Waals surface area contributed by atoms with Gasteiger partial charge in [-0.2, -0.15) is 26.3 Å². The van der Waals surface area contributed by atoms with Crippen LogP contribution in [0.1, 0.15) is 72.9 Å². The Balaban J connectivity index is 0.000000248. The number of aryl methyl sites for hydroxylation is 6. The zero-order valence-corrected chi connectivity index (χ0v) is 25.7. The van der Waals surface area contributed by atoms with Gasteiger partial charge in [0.15, 0.2) is 0 Å². The van der Waals surface area contributed by atoms with E-state index in [1.165, 1.54) is 61.2 Å². The van der Waals surface area contributed by atoms with Gasteiger partial charge in [0.1, 0.15) is 6.10 Å². The molecule has 4 aromatic rings. The summed E-state index contributed by atoms with van der Waals surface area (Å²) in [5, 5.41) is 10.5. The molecule has 0 saturated heterocycles. The van der Waals surface area contributed by atoms with E-state index in [0.29, 0.717) is 16.7 Å². The molecule has 4 aromatic carbocycles. The highest BCUT2D eigenvalue weighted by molar-refractivity contribution is 5.51. The molecule has 0 saturated carbocycles. The first-order chi connectivity index (χ1) is 19.8. The van der Waals surface area contributed by atoms with Crippen LogP contribution >= 0.6 is 0 Å². The molecule has 0 aliphatic heterocycles. The first kappa shape index (κ1) is 33.9. The number of halogens is 6. The van der Waals surface area contributed by atoms with Crippen molar-refractivity contribution < 1.29 is 31.4 Å². The van der Waals surface area contributed by atoms with Crippen LogP contribution in [0.5, 0.6) is 0 Å². The largest absolute Gasteiger partial charge is 0.411 e. The highest BCUT2D eigenvalue weighted by Crippen LogP contribution is 2.57. The second-order valence-corrected chi connectivity index (χ2v) is 11.3. The number of benzene rings is 4. The predicted octanol–water partition coefficient (Wildman–Crippen LogP) is 10.3. The molecule has 0 heterocycles. The van der Waals surface area contributed by atoms with E-state index in [2.05, 4.69) is 45.9 Å². The van der Waals surface area contributed by atoms with Gasteiger partial charge < -0.3 is 5.11 Å². The molecule has 0 spiro atoms. The summed E-state index contributed by atoms with van der Waals surface area (Å²) in [7, 11) is 0. The van der Waals surface area contributed by atoms with E-state index < -0.39 is 35.0 Å². The van der Waals surface area contributed by atoms with Crippen molar-refractivity contribution in [3.05, 3.63) is 140 Å². The molecule has 0 amide bonds. The highest BCUT2D eigenvalue weighted by atomic mass is 19.4. The number of hydrogen-bond donors (Lipinski definition) is 1. The molecule has 0 aliphatic rings. The lowest BCUT2D eigenvalue weighted by Gasteiger charge is -2.39. The van der Waals surface area contributed by atoms with Crippen LogP contribution in [-0.4, -0.2) is 17.5 Å². The van der Waals surface area contributed by atoms with Gasteiger partial charge in [0.2, 0.25) is 5.41 Å². The van der Waals surface area contributed by atoms with Crippen LogP contribution in [0.4, 0.5) is 26.3 Å². The molecule has 7 heteroatoms. The SMILES string of the molecule is Cc1ccc(C(O)c2cccc(C)c2C)cc1C.Cc1ccc(C(c2cccc(C)c2C)(C(F)(F)F)C(F)(F)F)cc1C. The maximum atomic E-state index is 14.1. The Bertz CT molecular complexity index is 1580. The molecule has 230 valence electrons. The van der Waals surface area contributed by atoms with Gasteiger partial charge in [-0.15, -0.1) is 0 Å². The van der Waals surface area contributed by atoms with Crippen molar-refractivity contribution in [1.82, 2.24) is 0 Å². The summed E-state index contributed by atoms with van der Waals surface area (Å²) in [4.78, 5) is 0. The Hall–Kier alpha value is -3.58. The van der Waals surface area contributed by atoms with Crippen molar-refractivity contribution in [3.63, 3.8) is 0 Å². The van der Waals surface area contributed by atoms with E-state index in [1.807, 2.05) is 18.2 Å². The number of alkyl halides is 6. The average Bonchev–Trinajstić information content (AvgIpc) is 2.90. The molecule has 4 rings (SSSR count). The fourth-order valence-corrected chi connectivity index (χ4v) is 5.27. The van der Waals surface area contributed by atoms with Gasteiger partial charge in [0.25, 0.3) is 0 Å². The molecular weight excluding hydrogens is 562 g/mol. The normalized spacial score (nSPS) is 12.9. The van der Waals surface area contributed by atoms with Crippen LogP contribution < -0.4 is 0 Å². The van der Waals surface area contributed by atoms with Crippen molar-refractivity contribution in [1.29, 1.82) is 0 Å².